The van der Waals surface area contributed by atoms with Crippen molar-refractivity contribution in [2.24, 2.45) is 0 Å². The van der Waals surface area contributed by atoms with E-state index in [2.05, 4.69) is 35.9 Å². The zero-order valence-corrected chi connectivity index (χ0v) is 9.80. The van der Waals surface area contributed by atoms with E-state index >= 15 is 0 Å². The monoisotopic (exact) mass is 199 g/mol. The number of benzene rings is 1. The number of rotatable bonds is 2. The molecule has 0 nitrogen and oxygen atoms in total. The van der Waals surface area contributed by atoms with Crippen LogP contribution in [0.1, 0.15) is 32.3 Å². The molecule has 0 spiro atoms. The van der Waals surface area contributed by atoms with Crippen LogP contribution in [0.25, 0.3) is 0 Å². The molecule has 0 amide bonds. The maximum Gasteiger partial charge on any atom is 0.0491 e. The van der Waals surface area contributed by atoms with Gasteiger partial charge in [0.15, 0.2) is 0 Å². The molecule has 14 heavy (non-hydrogen) atoms. The Morgan fingerprint density at radius 3 is 2.21 bits per heavy atom. The molecule has 0 saturated heterocycles. The molecular formula is C13H15Si. The van der Waals surface area contributed by atoms with Gasteiger partial charge in [0, 0.05) is 20.8 Å². The molecule has 0 bridgehead atoms. The minimum Gasteiger partial charge on any atom is -0.0952 e. The summed E-state index contributed by atoms with van der Waals surface area (Å²) in [6, 6.07) is 10.1. The minimum absolute atomic E-state index is 0.0180. The third kappa shape index (κ3) is 3.05. The van der Waals surface area contributed by atoms with Crippen LogP contribution in [0.2, 0.25) is 5.04 Å². The van der Waals surface area contributed by atoms with Gasteiger partial charge in [0.25, 0.3) is 0 Å². The Hall–Kier alpha value is -1.00. The summed E-state index contributed by atoms with van der Waals surface area (Å²) < 4.78 is 0. The Morgan fingerprint density at radius 2 is 1.71 bits per heavy atom. The summed E-state index contributed by atoms with van der Waals surface area (Å²) in [5, 5.41) is -0.0180. The van der Waals surface area contributed by atoms with Gasteiger partial charge in [-0.25, -0.2) is 0 Å². The van der Waals surface area contributed by atoms with Crippen molar-refractivity contribution in [1.29, 1.82) is 0 Å². The number of hydrogen-bond donors (Lipinski definition) is 0. The summed E-state index contributed by atoms with van der Waals surface area (Å²) in [7, 11) is 3.72. The van der Waals surface area contributed by atoms with E-state index in [1.807, 2.05) is 30.3 Å². The van der Waals surface area contributed by atoms with Gasteiger partial charge < -0.3 is 0 Å². The van der Waals surface area contributed by atoms with Gasteiger partial charge in [-0.3, -0.25) is 0 Å². The summed E-state index contributed by atoms with van der Waals surface area (Å²) in [5.74, 6) is 6.46. The highest BCUT2D eigenvalue weighted by atomic mass is 28.1. The second-order valence-corrected chi connectivity index (χ2v) is 4.36. The Morgan fingerprint density at radius 1 is 1.14 bits per heavy atom. The van der Waals surface area contributed by atoms with Crippen LogP contribution in [0.15, 0.2) is 30.3 Å². The first-order valence-corrected chi connectivity index (χ1v) is 5.53. The van der Waals surface area contributed by atoms with Crippen LogP contribution >= 0.6 is 0 Å². The van der Waals surface area contributed by atoms with Crippen molar-refractivity contribution in [3.05, 3.63) is 35.9 Å². The SMILES string of the molecule is CCC([Si])(C#Cc1ccccc1)CC. The highest BCUT2D eigenvalue weighted by Crippen LogP contribution is 2.28. The molecule has 0 N–H and O–H groups in total. The molecule has 1 aromatic rings. The van der Waals surface area contributed by atoms with Crippen LogP contribution in [0.4, 0.5) is 0 Å². The third-order valence-electron chi connectivity index (χ3n) is 2.43. The Balaban J connectivity index is 2.82. The molecule has 1 rings (SSSR count). The van der Waals surface area contributed by atoms with E-state index in [4.69, 9.17) is 0 Å². The minimum atomic E-state index is -0.0180. The van der Waals surface area contributed by atoms with Crippen molar-refractivity contribution in [2.75, 3.05) is 0 Å². The van der Waals surface area contributed by atoms with Gasteiger partial charge in [-0.1, -0.05) is 43.9 Å². The van der Waals surface area contributed by atoms with E-state index < -0.39 is 0 Å². The van der Waals surface area contributed by atoms with Crippen LogP contribution in [0.3, 0.4) is 0 Å². The smallest absolute Gasteiger partial charge is 0.0491 e. The molecule has 0 unspecified atom stereocenters. The zero-order chi connectivity index (χ0) is 10.4. The normalized spacial score (nSPS) is 10.5. The molecule has 0 aliphatic rings. The second-order valence-electron chi connectivity index (χ2n) is 3.41. The Bertz CT molecular complexity index is 325. The second kappa shape index (κ2) is 5.02. The summed E-state index contributed by atoms with van der Waals surface area (Å²) in [5.41, 5.74) is 1.08. The van der Waals surface area contributed by atoms with Crippen molar-refractivity contribution in [1.82, 2.24) is 0 Å². The lowest BCUT2D eigenvalue weighted by atomic mass is 10.0. The average Bonchev–Trinajstić information content (AvgIpc) is 2.27. The molecule has 0 fully saturated rings. The molecule has 0 aliphatic heterocycles. The first-order chi connectivity index (χ1) is 6.70. The van der Waals surface area contributed by atoms with Crippen LogP contribution < -0.4 is 0 Å². The molecule has 0 aliphatic carbocycles. The molecule has 3 radical (unpaired) electrons. The van der Waals surface area contributed by atoms with Gasteiger partial charge in [-0.05, 0) is 25.0 Å². The average molecular weight is 199 g/mol. The largest absolute Gasteiger partial charge is 0.0952 e. The van der Waals surface area contributed by atoms with Gasteiger partial charge in [0.05, 0.1) is 0 Å². The summed E-state index contributed by atoms with van der Waals surface area (Å²) in [6.07, 6.45) is 2.06. The lowest BCUT2D eigenvalue weighted by molar-refractivity contribution is 0.652. The molecule has 0 aromatic heterocycles. The van der Waals surface area contributed by atoms with E-state index in [0.29, 0.717) is 0 Å². The summed E-state index contributed by atoms with van der Waals surface area (Å²) in [6.45, 7) is 4.30. The van der Waals surface area contributed by atoms with Crippen molar-refractivity contribution in [3.8, 4) is 11.8 Å². The first-order valence-electron chi connectivity index (χ1n) is 5.03. The molecule has 1 heteroatoms. The summed E-state index contributed by atoms with van der Waals surface area (Å²) in [4.78, 5) is 0. The van der Waals surface area contributed by atoms with Crippen LogP contribution in [-0.2, 0) is 0 Å². The predicted octanol–water partition coefficient (Wildman–Crippen LogP) is 3.19. The zero-order valence-electron chi connectivity index (χ0n) is 8.80. The lowest BCUT2D eigenvalue weighted by Crippen LogP contribution is -2.06. The molecular weight excluding hydrogens is 184 g/mol. The van der Waals surface area contributed by atoms with E-state index in [1.165, 1.54) is 0 Å². The van der Waals surface area contributed by atoms with E-state index in [9.17, 15) is 0 Å². The Kier molecular flexibility index (Phi) is 3.97. The summed E-state index contributed by atoms with van der Waals surface area (Å²) >= 11 is 0. The van der Waals surface area contributed by atoms with E-state index in [1.54, 1.807) is 0 Å². The van der Waals surface area contributed by atoms with Crippen molar-refractivity contribution < 1.29 is 0 Å². The third-order valence-corrected chi connectivity index (χ3v) is 3.26. The highest BCUT2D eigenvalue weighted by Gasteiger charge is 2.15. The maximum absolute atomic E-state index is 3.72. The lowest BCUT2D eigenvalue weighted by Gasteiger charge is -2.18. The first kappa shape index (κ1) is 11.1. The van der Waals surface area contributed by atoms with Gasteiger partial charge in [0.2, 0.25) is 0 Å². The Labute approximate surface area is 90.2 Å². The van der Waals surface area contributed by atoms with Crippen molar-refractivity contribution in [3.63, 3.8) is 0 Å². The molecule has 0 saturated carbocycles. The molecule has 71 valence electrons. The fraction of sp³-hybridized carbons (Fsp3) is 0.385. The standard InChI is InChI=1S/C13H15Si/c1-3-13(14,4-2)11-10-12-8-6-5-7-9-12/h5-9H,3-4H2,1-2H3. The molecule has 0 atom stereocenters. The number of hydrogen-bond acceptors (Lipinski definition) is 0. The fourth-order valence-electron chi connectivity index (χ4n) is 1.14. The van der Waals surface area contributed by atoms with Crippen LogP contribution in [-0.4, -0.2) is 10.2 Å². The van der Waals surface area contributed by atoms with Gasteiger partial charge in [-0.15, -0.1) is 0 Å². The molecule has 1 aromatic carbocycles. The van der Waals surface area contributed by atoms with Crippen molar-refractivity contribution >= 4 is 10.2 Å². The topological polar surface area (TPSA) is 0 Å². The highest BCUT2D eigenvalue weighted by molar-refractivity contribution is 6.17. The maximum atomic E-state index is 3.72. The van der Waals surface area contributed by atoms with Gasteiger partial charge in [0.1, 0.15) is 0 Å². The fourth-order valence-corrected chi connectivity index (χ4v) is 1.20. The van der Waals surface area contributed by atoms with Gasteiger partial charge in [-0.2, -0.15) is 0 Å². The van der Waals surface area contributed by atoms with E-state index in [0.717, 1.165) is 18.4 Å². The van der Waals surface area contributed by atoms with Crippen LogP contribution in [0, 0.1) is 11.8 Å². The quantitative estimate of drug-likeness (QED) is 0.507. The molecule has 0 heterocycles. The predicted molar refractivity (Wildman–Crippen MR) is 62.3 cm³/mol. The van der Waals surface area contributed by atoms with Crippen LogP contribution in [0.5, 0.6) is 0 Å². The van der Waals surface area contributed by atoms with E-state index in [-0.39, 0.29) is 5.04 Å². The van der Waals surface area contributed by atoms with Crippen molar-refractivity contribution in [2.45, 2.75) is 31.7 Å². The van der Waals surface area contributed by atoms with Gasteiger partial charge >= 0.3 is 0 Å².